The van der Waals surface area contributed by atoms with Crippen molar-refractivity contribution in [3.63, 3.8) is 0 Å². The predicted octanol–water partition coefficient (Wildman–Crippen LogP) is 10.4. The molecule has 0 saturated carbocycles. The van der Waals surface area contributed by atoms with Crippen molar-refractivity contribution in [1.29, 1.82) is 5.26 Å². The Balaban J connectivity index is 0.00000131. The molecule has 0 spiro atoms. The van der Waals surface area contributed by atoms with Gasteiger partial charge in [-0.1, -0.05) is 97.1 Å². The first-order valence-corrected chi connectivity index (χ1v) is 19.6. The molecule has 250 valence electrons. The lowest BCUT2D eigenvalue weighted by molar-refractivity contribution is 0.885. The first kappa shape index (κ1) is 34.1. The number of aromatic nitrogens is 8. The van der Waals surface area contributed by atoms with E-state index in [0.717, 1.165) is 75.6 Å². The van der Waals surface area contributed by atoms with E-state index >= 15 is 0 Å². The highest BCUT2D eigenvalue weighted by molar-refractivity contribution is 8.76. The number of hydrogen-bond acceptors (Lipinski definition) is 11. The van der Waals surface area contributed by atoms with Crippen molar-refractivity contribution in [2.75, 3.05) is 0 Å². The van der Waals surface area contributed by atoms with Crippen LogP contribution in [0.5, 0.6) is 0 Å². The highest BCUT2D eigenvalue weighted by Gasteiger charge is 2.25. The molecule has 0 aliphatic carbocycles. The van der Waals surface area contributed by atoms with Crippen molar-refractivity contribution in [2.24, 2.45) is 0 Å². The molecule has 0 atom stereocenters. The van der Waals surface area contributed by atoms with Gasteiger partial charge in [0.05, 0.1) is 27.2 Å². The maximum absolute atomic E-state index is 7.32. The zero-order valence-corrected chi connectivity index (χ0v) is 31.0. The third-order valence-electron chi connectivity index (χ3n) is 7.53. The first-order chi connectivity index (χ1) is 25.1. The van der Waals surface area contributed by atoms with Gasteiger partial charge < -0.3 is 0 Å². The third kappa shape index (κ3) is 7.26. The second kappa shape index (κ2) is 15.7. The van der Waals surface area contributed by atoms with Crippen LogP contribution in [-0.2, 0) is 0 Å². The third-order valence-corrected chi connectivity index (χ3v) is 12.0. The lowest BCUT2D eigenvalue weighted by Crippen LogP contribution is -2.00. The summed E-state index contributed by atoms with van der Waals surface area (Å²) >= 11 is 3.25. The Kier molecular flexibility index (Phi) is 10.5. The lowest BCUT2D eigenvalue weighted by Gasteiger charge is -2.11. The average molecular weight is 740 g/mol. The van der Waals surface area contributed by atoms with Crippen LogP contribution in [0.25, 0.3) is 53.9 Å². The molecule has 0 saturated heterocycles. The Labute approximate surface area is 311 Å². The molecule has 8 aromatic rings. The summed E-state index contributed by atoms with van der Waals surface area (Å²) in [7, 11) is 3.00. The molecule has 0 aliphatic rings. The standard InChI is InChI=1S/C36H26N8S4.C2H3N/c1-23-29(45-33(37-23)25-15-7-3-8-16-25)31-39-41-35(43(31)27-19-11-5-12-20-27)47-48-36-42-40-32(44(36)28-21-13-6-14-22-28)30-24(2)38-34(46-30)26-17-9-4-10-18-26;1-2-3/h3-22H,1-2H3;1H3. The van der Waals surface area contributed by atoms with E-state index in [9.17, 15) is 0 Å². The van der Waals surface area contributed by atoms with Crippen molar-refractivity contribution in [1.82, 2.24) is 39.5 Å². The number of para-hydroxylation sites is 2. The number of aryl methyl sites for hydroxylation is 2. The Morgan fingerprint density at radius 1 is 0.529 bits per heavy atom. The van der Waals surface area contributed by atoms with E-state index < -0.39 is 0 Å². The largest absolute Gasteiger partial charge is 0.269 e. The van der Waals surface area contributed by atoms with E-state index in [-0.39, 0.29) is 0 Å². The monoisotopic (exact) mass is 739 g/mol. The Hall–Kier alpha value is -5.39. The minimum Gasteiger partial charge on any atom is -0.269 e. The van der Waals surface area contributed by atoms with Crippen LogP contribution in [0, 0.1) is 25.2 Å². The molecule has 4 aromatic heterocycles. The van der Waals surface area contributed by atoms with Crippen molar-refractivity contribution < 1.29 is 0 Å². The predicted molar refractivity (Wildman–Crippen MR) is 208 cm³/mol. The van der Waals surface area contributed by atoms with E-state index in [1.807, 2.05) is 86.6 Å². The normalized spacial score (nSPS) is 10.8. The average Bonchev–Trinajstić information content (AvgIpc) is 3.97. The van der Waals surface area contributed by atoms with Crippen LogP contribution >= 0.6 is 44.3 Å². The molecule has 0 N–H and O–H groups in total. The quantitative estimate of drug-likeness (QED) is 0.134. The fraction of sp³-hybridized carbons (Fsp3) is 0.0789. The van der Waals surface area contributed by atoms with Gasteiger partial charge in [0, 0.05) is 29.4 Å². The zero-order chi connectivity index (χ0) is 35.2. The SMILES string of the molecule is CC#N.Cc1nc(-c2ccccc2)sc1-c1nnc(SSc2nnc(-c3sc(-c4ccccc4)nc3C)n2-c2ccccc2)n1-c1ccccc1. The first-order valence-electron chi connectivity index (χ1n) is 15.8. The van der Waals surface area contributed by atoms with Gasteiger partial charge in [0.2, 0.25) is 10.3 Å². The minimum absolute atomic E-state index is 0.722. The smallest absolute Gasteiger partial charge is 0.207 e. The van der Waals surface area contributed by atoms with Gasteiger partial charge in [0.1, 0.15) is 10.0 Å². The van der Waals surface area contributed by atoms with Gasteiger partial charge >= 0.3 is 0 Å². The topological polar surface area (TPSA) is 111 Å². The van der Waals surface area contributed by atoms with Crippen LogP contribution in [0.1, 0.15) is 18.3 Å². The van der Waals surface area contributed by atoms with Crippen LogP contribution in [-0.4, -0.2) is 39.5 Å². The van der Waals surface area contributed by atoms with E-state index in [4.69, 9.17) is 35.6 Å². The van der Waals surface area contributed by atoms with Crippen LogP contribution < -0.4 is 0 Å². The number of nitrogens with zero attached hydrogens (tertiary/aromatic N) is 9. The van der Waals surface area contributed by atoms with Gasteiger partial charge in [-0.3, -0.25) is 9.13 Å². The van der Waals surface area contributed by atoms with Gasteiger partial charge in [-0.15, -0.1) is 43.1 Å². The number of hydrogen-bond donors (Lipinski definition) is 0. The van der Waals surface area contributed by atoms with E-state index in [2.05, 4.69) is 57.7 Å². The molecule has 13 heteroatoms. The Morgan fingerprint density at radius 2 is 0.863 bits per heavy atom. The number of rotatable bonds is 9. The second-order valence-electron chi connectivity index (χ2n) is 10.9. The number of nitriles is 1. The lowest BCUT2D eigenvalue weighted by atomic mass is 10.2. The summed E-state index contributed by atoms with van der Waals surface area (Å²) in [6.07, 6.45) is 0. The minimum atomic E-state index is 0.722. The van der Waals surface area contributed by atoms with E-state index in [1.54, 1.807) is 28.7 Å². The molecule has 8 rings (SSSR count). The number of thiazole rings is 2. The molecule has 4 heterocycles. The van der Waals surface area contributed by atoms with E-state index in [0.29, 0.717) is 0 Å². The summed E-state index contributed by atoms with van der Waals surface area (Å²) in [4.78, 5) is 11.8. The summed E-state index contributed by atoms with van der Waals surface area (Å²) < 4.78 is 4.19. The molecule has 0 amide bonds. The van der Waals surface area contributed by atoms with Crippen molar-refractivity contribution in [2.45, 2.75) is 31.1 Å². The Morgan fingerprint density at radius 3 is 1.22 bits per heavy atom. The maximum Gasteiger partial charge on any atom is 0.207 e. The molecule has 0 radical (unpaired) electrons. The molecule has 0 aliphatic heterocycles. The molecule has 0 unspecified atom stereocenters. The second-order valence-corrected chi connectivity index (χ2v) is 15.0. The summed E-state index contributed by atoms with van der Waals surface area (Å²) in [6.45, 7) is 5.48. The van der Waals surface area contributed by atoms with E-state index in [1.165, 1.54) is 28.5 Å². The summed E-state index contributed by atoms with van der Waals surface area (Å²) in [6, 6.07) is 42.6. The molecule has 9 nitrogen and oxygen atoms in total. The van der Waals surface area contributed by atoms with Gasteiger partial charge in [0.15, 0.2) is 11.6 Å². The summed E-state index contributed by atoms with van der Waals surface area (Å²) in [5, 5.41) is 29.5. The molecular weight excluding hydrogens is 711 g/mol. The maximum atomic E-state index is 7.32. The van der Waals surface area contributed by atoms with Crippen LogP contribution in [0.4, 0.5) is 0 Å². The molecule has 4 aromatic carbocycles. The van der Waals surface area contributed by atoms with Gasteiger partial charge in [-0.05, 0) is 59.7 Å². The molecule has 51 heavy (non-hydrogen) atoms. The fourth-order valence-corrected chi connectivity index (χ4v) is 9.27. The highest BCUT2D eigenvalue weighted by Crippen LogP contribution is 2.43. The highest BCUT2D eigenvalue weighted by atomic mass is 33.1. The van der Waals surface area contributed by atoms with Gasteiger partial charge in [0.25, 0.3) is 0 Å². The summed E-state index contributed by atoms with van der Waals surface area (Å²) in [5.41, 5.74) is 5.92. The summed E-state index contributed by atoms with van der Waals surface area (Å²) in [5.74, 6) is 1.50. The van der Waals surface area contributed by atoms with Crippen LogP contribution in [0.2, 0.25) is 0 Å². The number of benzene rings is 4. The van der Waals surface area contributed by atoms with Crippen molar-refractivity contribution in [3.05, 3.63) is 133 Å². The van der Waals surface area contributed by atoms with Gasteiger partial charge in [-0.25, -0.2) is 9.97 Å². The van der Waals surface area contributed by atoms with Crippen molar-refractivity contribution >= 4 is 44.3 Å². The van der Waals surface area contributed by atoms with Gasteiger partial charge in [-0.2, -0.15) is 5.26 Å². The fourth-order valence-electron chi connectivity index (χ4n) is 5.25. The molecular formula is C38H29N9S4. The van der Waals surface area contributed by atoms with Crippen LogP contribution in [0.15, 0.2) is 132 Å². The molecule has 0 fully saturated rings. The Bertz CT molecular complexity index is 2250. The zero-order valence-electron chi connectivity index (χ0n) is 27.7. The van der Waals surface area contributed by atoms with Crippen molar-refractivity contribution in [3.8, 4) is 60.0 Å². The van der Waals surface area contributed by atoms with Crippen LogP contribution in [0.3, 0.4) is 0 Å². The molecule has 0 bridgehead atoms.